The molecule has 2 heterocycles. The second kappa shape index (κ2) is 2.27. The monoisotopic (exact) mass is 125 g/mol. The van der Waals surface area contributed by atoms with Gasteiger partial charge in [-0.1, -0.05) is 0 Å². The van der Waals surface area contributed by atoms with Crippen molar-refractivity contribution in [2.45, 2.75) is 18.9 Å². The average molecular weight is 125 g/mol. The van der Waals surface area contributed by atoms with E-state index in [2.05, 4.69) is 10.6 Å². The van der Waals surface area contributed by atoms with E-state index >= 15 is 0 Å². The molecular weight excluding hydrogens is 112 g/mol. The molecule has 2 fully saturated rings. The smallest absolute Gasteiger partial charge is 0.0290 e. The van der Waals surface area contributed by atoms with E-state index in [1.54, 1.807) is 0 Å². The number of hydrogen-bond donors (Lipinski definition) is 1. The Morgan fingerprint density at radius 1 is 1.33 bits per heavy atom. The van der Waals surface area contributed by atoms with Crippen molar-refractivity contribution in [2.75, 3.05) is 19.6 Å². The maximum Gasteiger partial charge on any atom is 0.0290 e. The van der Waals surface area contributed by atoms with E-state index in [9.17, 15) is 0 Å². The molecule has 2 heteroatoms. The van der Waals surface area contributed by atoms with Gasteiger partial charge in [-0.2, -0.15) is 0 Å². The molecule has 2 saturated heterocycles. The molecule has 9 heavy (non-hydrogen) atoms. The normalized spacial score (nSPS) is 42.7. The first-order valence-corrected chi connectivity index (χ1v) is 3.83. The molecule has 2 aliphatic rings. The van der Waals surface area contributed by atoms with Crippen LogP contribution in [-0.4, -0.2) is 25.7 Å². The van der Waals surface area contributed by atoms with Gasteiger partial charge < -0.3 is 5.32 Å². The second-order valence-corrected chi connectivity index (χ2v) is 3.05. The lowest BCUT2D eigenvalue weighted by atomic mass is 9.94. The van der Waals surface area contributed by atoms with Crippen LogP contribution in [0.25, 0.3) is 0 Å². The summed E-state index contributed by atoms with van der Waals surface area (Å²) in [4.78, 5) is 0. The Morgan fingerprint density at radius 3 is 3.22 bits per heavy atom. The van der Waals surface area contributed by atoms with Crippen molar-refractivity contribution >= 4 is 0 Å². The van der Waals surface area contributed by atoms with Crippen LogP contribution in [-0.2, 0) is 0 Å². The highest BCUT2D eigenvalue weighted by molar-refractivity contribution is 4.88. The number of fused-ring (bicyclic) bond motifs is 1. The molecule has 1 N–H and O–H groups in total. The van der Waals surface area contributed by atoms with Crippen LogP contribution in [0, 0.1) is 5.92 Å². The Kier molecular flexibility index (Phi) is 1.44. The molecule has 0 saturated carbocycles. The minimum absolute atomic E-state index is 0.749. The third-order valence-corrected chi connectivity index (χ3v) is 2.42. The fourth-order valence-corrected chi connectivity index (χ4v) is 1.83. The predicted molar refractivity (Wildman–Crippen MR) is 36.4 cm³/mol. The first kappa shape index (κ1) is 5.69. The third-order valence-electron chi connectivity index (χ3n) is 2.42. The van der Waals surface area contributed by atoms with Gasteiger partial charge in [0.1, 0.15) is 0 Å². The molecule has 2 rings (SSSR count). The lowest BCUT2D eigenvalue weighted by Gasteiger charge is -2.24. The van der Waals surface area contributed by atoms with Crippen molar-refractivity contribution < 1.29 is 0 Å². The third kappa shape index (κ3) is 0.970. The molecule has 2 atom stereocenters. The van der Waals surface area contributed by atoms with Crippen LogP contribution in [0.4, 0.5) is 0 Å². The molecule has 0 aliphatic carbocycles. The van der Waals surface area contributed by atoms with Crippen LogP contribution in [0.2, 0.25) is 0 Å². The van der Waals surface area contributed by atoms with Crippen molar-refractivity contribution in [3.8, 4) is 0 Å². The van der Waals surface area contributed by atoms with E-state index in [1.165, 1.54) is 19.4 Å². The molecule has 0 bridgehead atoms. The van der Waals surface area contributed by atoms with E-state index in [0.717, 1.165) is 25.0 Å². The Hall–Kier alpha value is -0.0800. The molecule has 51 valence electrons. The van der Waals surface area contributed by atoms with E-state index in [0.29, 0.717) is 0 Å². The Labute approximate surface area is 56.0 Å². The fourth-order valence-electron chi connectivity index (χ4n) is 1.83. The van der Waals surface area contributed by atoms with Crippen molar-refractivity contribution in [1.82, 2.24) is 10.6 Å². The molecular formula is C7H13N2. The number of piperidine rings is 1. The molecule has 0 aromatic rings. The van der Waals surface area contributed by atoms with Crippen LogP contribution in [0.3, 0.4) is 0 Å². The van der Waals surface area contributed by atoms with E-state index in [4.69, 9.17) is 0 Å². The van der Waals surface area contributed by atoms with Crippen molar-refractivity contribution in [3.05, 3.63) is 0 Å². The zero-order valence-electron chi connectivity index (χ0n) is 5.64. The van der Waals surface area contributed by atoms with Crippen LogP contribution >= 0.6 is 0 Å². The molecule has 0 aromatic carbocycles. The highest BCUT2D eigenvalue weighted by Gasteiger charge is 2.29. The van der Waals surface area contributed by atoms with E-state index < -0.39 is 0 Å². The zero-order valence-corrected chi connectivity index (χ0v) is 5.64. The summed E-state index contributed by atoms with van der Waals surface area (Å²) < 4.78 is 0. The first-order chi connectivity index (χ1) is 4.47. The van der Waals surface area contributed by atoms with Gasteiger partial charge in [-0.3, -0.25) is 0 Å². The molecule has 2 aliphatic heterocycles. The molecule has 1 radical (unpaired) electrons. The number of rotatable bonds is 0. The summed E-state index contributed by atoms with van der Waals surface area (Å²) >= 11 is 0. The van der Waals surface area contributed by atoms with Crippen LogP contribution in [0.1, 0.15) is 12.8 Å². The summed E-state index contributed by atoms with van der Waals surface area (Å²) in [5.41, 5.74) is 0. The minimum Gasteiger partial charge on any atom is -0.312 e. The number of nitrogens with zero attached hydrogens (tertiary/aromatic N) is 1. The summed E-state index contributed by atoms with van der Waals surface area (Å²) in [6.07, 6.45) is 2.76. The van der Waals surface area contributed by atoms with Gasteiger partial charge in [0.2, 0.25) is 0 Å². The van der Waals surface area contributed by atoms with Crippen molar-refractivity contribution in [2.24, 2.45) is 5.92 Å². The van der Waals surface area contributed by atoms with Crippen molar-refractivity contribution in [1.29, 1.82) is 0 Å². The van der Waals surface area contributed by atoms with Gasteiger partial charge in [0.25, 0.3) is 0 Å². The standard InChI is InChI=1S/C7H13N2/c1-2-6-4-8-5-7(6)9-3-1/h6-7,9H,1-5H2/t6-,7-/m0/s1. The lowest BCUT2D eigenvalue weighted by molar-refractivity contribution is 0.339. The summed E-state index contributed by atoms with van der Waals surface area (Å²) in [7, 11) is 0. The maximum absolute atomic E-state index is 4.37. The van der Waals surface area contributed by atoms with E-state index in [-0.39, 0.29) is 0 Å². The van der Waals surface area contributed by atoms with Crippen molar-refractivity contribution in [3.63, 3.8) is 0 Å². The van der Waals surface area contributed by atoms with Gasteiger partial charge in [0, 0.05) is 19.1 Å². The van der Waals surface area contributed by atoms with E-state index in [1.807, 2.05) is 0 Å². The molecule has 0 unspecified atom stereocenters. The Morgan fingerprint density at radius 2 is 2.33 bits per heavy atom. The highest BCUT2D eigenvalue weighted by atomic mass is 15.0. The van der Waals surface area contributed by atoms with Gasteiger partial charge in [-0.25, -0.2) is 5.32 Å². The largest absolute Gasteiger partial charge is 0.312 e. The number of hydrogen-bond acceptors (Lipinski definition) is 1. The SMILES string of the molecule is C1CN[C@H]2C[N]C[C@@H]2C1. The molecule has 0 spiro atoms. The fraction of sp³-hybridized carbons (Fsp3) is 1.00. The summed E-state index contributed by atoms with van der Waals surface area (Å²) in [5.74, 6) is 0.888. The summed E-state index contributed by atoms with van der Waals surface area (Å²) in [6.45, 7) is 3.42. The Balaban J connectivity index is 1.97. The Bertz CT molecular complexity index is 91.1. The minimum atomic E-state index is 0.749. The van der Waals surface area contributed by atoms with Gasteiger partial charge in [-0.15, -0.1) is 0 Å². The molecule has 0 amide bonds. The summed E-state index contributed by atoms with van der Waals surface area (Å²) in [5, 5.41) is 7.85. The highest BCUT2D eigenvalue weighted by Crippen LogP contribution is 2.19. The quantitative estimate of drug-likeness (QED) is 0.483. The van der Waals surface area contributed by atoms with Gasteiger partial charge in [-0.05, 0) is 25.3 Å². The predicted octanol–water partition coefficient (Wildman–Crippen LogP) is -0.0274. The second-order valence-electron chi connectivity index (χ2n) is 3.05. The first-order valence-electron chi connectivity index (χ1n) is 3.83. The lowest BCUT2D eigenvalue weighted by Crippen LogP contribution is -2.40. The molecule has 2 nitrogen and oxygen atoms in total. The van der Waals surface area contributed by atoms with Gasteiger partial charge in [0.15, 0.2) is 0 Å². The molecule has 0 aromatic heterocycles. The topological polar surface area (TPSA) is 26.1 Å². The van der Waals surface area contributed by atoms with Gasteiger partial charge in [0.05, 0.1) is 0 Å². The van der Waals surface area contributed by atoms with Crippen LogP contribution in [0.15, 0.2) is 0 Å². The van der Waals surface area contributed by atoms with Crippen LogP contribution in [0.5, 0.6) is 0 Å². The van der Waals surface area contributed by atoms with Gasteiger partial charge >= 0.3 is 0 Å². The maximum atomic E-state index is 4.37. The van der Waals surface area contributed by atoms with Crippen LogP contribution < -0.4 is 10.6 Å². The zero-order chi connectivity index (χ0) is 6.10. The summed E-state index contributed by atoms with van der Waals surface area (Å²) in [6, 6.07) is 0.749. The average Bonchev–Trinajstić information content (AvgIpc) is 2.33. The number of nitrogens with one attached hydrogen (secondary N) is 1.